The number of benzene rings is 1. The quantitative estimate of drug-likeness (QED) is 0.572. The molecular weight excluding hydrogens is 338 g/mol. The molecule has 0 N–H and O–H groups in total. The second-order valence-corrected chi connectivity index (χ2v) is 6.66. The zero-order valence-corrected chi connectivity index (χ0v) is 15.9. The summed E-state index contributed by atoms with van der Waals surface area (Å²) in [5, 5.41) is 9.87. The first kappa shape index (κ1) is 18.7. The third-order valence-electron chi connectivity index (χ3n) is 4.91. The van der Waals surface area contributed by atoms with Gasteiger partial charge in [-0.3, -0.25) is 4.79 Å². The van der Waals surface area contributed by atoms with Gasteiger partial charge in [0.25, 0.3) is 0 Å². The topological polar surface area (TPSA) is 67.9 Å². The van der Waals surface area contributed by atoms with E-state index < -0.39 is 0 Å². The molecule has 3 rings (SSSR count). The number of Topliss-reactive ketones (excluding diaryl/α,β-unsaturated/α-hetero) is 1. The Labute approximate surface area is 159 Å². The van der Waals surface area contributed by atoms with Crippen molar-refractivity contribution in [1.29, 1.82) is 5.26 Å². The molecule has 1 atom stereocenters. The number of ether oxygens (including phenoxy) is 1. The van der Waals surface area contributed by atoms with Gasteiger partial charge >= 0.3 is 0 Å². The number of hydrogen-bond acceptors (Lipinski definition) is 4. The molecule has 5 nitrogen and oxygen atoms in total. The van der Waals surface area contributed by atoms with Crippen LogP contribution in [-0.4, -0.2) is 22.4 Å². The van der Waals surface area contributed by atoms with Crippen molar-refractivity contribution in [2.24, 2.45) is 0 Å². The highest BCUT2D eigenvalue weighted by Crippen LogP contribution is 2.30. The molecule has 2 heterocycles. The van der Waals surface area contributed by atoms with Crippen LogP contribution in [0.5, 0.6) is 5.75 Å². The van der Waals surface area contributed by atoms with E-state index in [0.717, 1.165) is 28.8 Å². The summed E-state index contributed by atoms with van der Waals surface area (Å²) in [6.45, 7) is 4.96. The summed E-state index contributed by atoms with van der Waals surface area (Å²) in [6.07, 6.45) is 0.877. The van der Waals surface area contributed by atoms with Gasteiger partial charge in [-0.15, -0.1) is 0 Å². The van der Waals surface area contributed by atoms with Gasteiger partial charge in [0, 0.05) is 16.6 Å². The van der Waals surface area contributed by atoms with Gasteiger partial charge in [-0.2, -0.15) is 5.26 Å². The second kappa shape index (κ2) is 8.05. The van der Waals surface area contributed by atoms with Crippen LogP contribution in [0, 0.1) is 11.3 Å². The molecule has 0 aliphatic heterocycles. The lowest BCUT2D eigenvalue weighted by Gasteiger charge is -2.15. The van der Waals surface area contributed by atoms with Gasteiger partial charge in [-0.05, 0) is 48.7 Å². The van der Waals surface area contributed by atoms with E-state index >= 15 is 0 Å². The van der Waals surface area contributed by atoms with Crippen molar-refractivity contribution >= 4 is 16.7 Å². The van der Waals surface area contributed by atoms with Gasteiger partial charge in [-0.1, -0.05) is 19.9 Å². The molecule has 0 fully saturated rings. The molecule has 5 heteroatoms. The van der Waals surface area contributed by atoms with E-state index in [1.165, 1.54) is 5.69 Å². The number of aromatic nitrogens is 2. The number of fused-ring (bicyclic) bond motifs is 1. The summed E-state index contributed by atoms with van der Waals surface area (Å²) >= 11 is 0. The number of rotatable bonds is 7. The van der Waals surface area contributed by atoms with E-state index in [4.69, 9.17) is 10.00 Å². The standard InChI is InChI=1S/C22H23N3O2/c1-4-15(2)21-13-16-12-18(27-3)8-9-20(16)25(21)14-17-6-5-7-19(24-17)22(26)10-11-23/h5-9,12-13,15H,4,10,14H2,1-3H3. The van der Waals surface area contributed by atoms with Crippen molar-refractivity contribution in [2.75, 3.05) is 7.11 Å². The highest BCUT2D eigenvalue weighted by Gasteiger charge is 2.16. The number of ketones is 1. The van der Waals surface area contributed by atoms with Crippen molar-refractivity contribution in [1.82, 2.24) is 9.55 Å². The van der Waals surface area contributed by atoms with E-state index in [1.807, 2.05) is 30.3 Å². The first-order valence-electron chi connectivity index (χ1n) is 9.10. The summed E-state index contributed by atoms with van der Waals surface area (Å²) in [4.78, 5) is 16.5. The lowest BCUT2D eigenvalue weighted by atomic mass is 10.0. The van der Waals surface area contributed by atoms with Gasteiger partial charge in [0.05, 0.1) is 25.4 Å². The minimum absolute atomic E-state index is 0.152. The molecule has 0 radical (unpaired) electrons. The van der Waals surface area contributed by atoms with Crippen molar-refractivity contribution < 1.29 is 9.53 Å². The van der Waals surface area contributed by atoms with Crippen molar-refractivity contribution in [3.8, 4) is 11.8 Å². The molecule has 0 saturated heterocycles. The number of methoxy groups -OCH3 is 1. The summed E-state index contributed by atoms with van der Waals surface area (Å²) in [6, 6.07) is 15.6. The minimum atomic E-state index is -0.247. The van der Waals surface area contributed by atoms with E-state index in [9.17, 15) is 4.79 Å². The third kappa shape index (κ3) is 3.85. The SMILES string of the molecule is CCC(C)c1cc2cc(OC)ccc2n1Cc1cccc(C(=O)CC#N)n1. The fraction of sp³-hybridized carbons (Fsp3) is 0.318. The smallest absolute Gasteiger partial charge is 0.195 e. The zero-order chi connectivity index (χ0) is 19.4. The molecule has 0 aliphatic carbocycles. The Morgan fingerprint density at radius 1 is 1.30 bits per heavy atom. The number of carbonyl (C=O) groups excluding carboxylic acids is 1. The van der Waals surface area contributed by atoms with Gasteiger partial charge in [-0.25, -0.2) is 4.98 Å². The monoisotopic (exact) mass is 361 g/mol. The van der Waals surface area contributed by atoms with Crippen LogP contribution in [0.15, 0.2) is 42.5 Å². The highest BCUT2D eigenvalue weighted by molar-refractivity contribution is 5.95. The van der Waals surface area contributed by atoms with Gasteiger partial charge < -0.3 is 9.30 Å². The second-order valence-electron chi connectivity index (χ2n) is 6.66. The van der Waals surface area contributed by atoms with Crippen LogP contribution in [0.3, 0.4) is 0 Å². The first-order valence-corrected chi connectivity index (χ1v) is 9.10. The lowest BCUT2D eigenvalue weighted by molar-refractivity contribution is 0.0992. The minimum Gasteiger partial charge on any atom is -0.497 e. The average Bonchev–Trinajstić information content (AvgIpc) is 3.05. The Kier molecular flexibility index (Phi) is 5.56. The molecule has 27 heavy (non-hydrogen) atoms. The number of nitrogens with zero attached hydrogens (tertiary/aromatic N) is 3. The Balaban J connectivity index is 2.04. The molecule has 0 aliphatic rings. The Morgan fingerprint density at radius 3 is 2.81 bits per heavy atom. The first-order chi connectivity index (χ1) is 13.1. The largest absolute Gasteiger partial charge is 0.497 e. The normalized spacial score (nSPS) is 11.9. The van der Waals surface area contributed by atoms with Gasteiger partial charge in [0.15, 0.2) is 5.78 Å². The van der Waals surface area contributed by atoms with Crippen molar-refractivity contribution in [3.63, 3.8) is 0 Å². The highest BCUT2D eigenvalue weighted by atomic mass is 16.5. The molecule has 1 unspecified atom stereocenters. The van der Waals surface area contributed by atoms with Crippen LogP contribution in [-0.2, 0) is 6.54 Å². The fourth-order valence-electron chi connectivity index (χ4n) is 3.24. The summed E-state index contributed by atoms with van der Waals surface area (Å²) in [5.74, 6) is 0.980. The lowest BCUT2D eigenvalue weighted by Crippen LogP contribution is -2.10. The molecule has 3 aromatic rings. The number of nitriles is 1. The van der Waals surface area contributed by atoms with E-state index in [1.54, 1.807) is 13.2 Å². The molecule has 138 valence electrons. The fourth-order valence-corrected chi connectivity index (χ4v) is 3.24. The van der Waals surface area contributed by atoms with Crippen LogP contribution >= 0.6 is 0 Å². The maximum Gasteiger partial charge on any atom is 0.195 e. The summed E-state index contributed by atoms with van der Waals surface area (Å²) in [7, 11) is 1.67. The molecule has 0 spiro atoms. The number of hydrogen-bond donors (Lipinski definition) is 0. The molecule has 2 aromatic heterocycles. The maximum absolute atomic E-state index is 12.0. The van der Waals surface area contributed by atoms with Gasteiger partial charge in [0.1, 0.15) is 17.9 Å². The Morgan fingerprint density at radius 2 is 2.11 bits per heavy atom. The third-order valence-corrected chi connectivity index (χ3v) is 4.91. The summed E-state index contributed by atoms with van der Waals surface area (Å²) in [5.41, 5.74) is 3.49. The average molecular weight is 361 g/mol. The van der Waals surface area contributed by atoms with Crippen LogP contribution in [0.25, 0.3) is 10.9 Å². The van der Waals surface area contributed by atoms with Crippen LogP contribution in [0.1, 0.15) is 54.5 Å². The zero-order valence-electron chi connectivity index (χ0n) is 15.9. The predicted molar refractivity (Wildman–Crippen MR) is 105 cm³/mol. The summed E-state index contributed by atoms with van der Waals surface area (Å²) < 4.78 is 7.61. The van der Waals surface area contributed by atoms with E-state index in [-0.39, 0.29) is 12.2 Å². The Bertz CT molecular complexity index is 1010. The Hall–Kier alpha value is -3.13. The molecule has 0 bridgehead atoms. The maximum atomic E-state index is 12.0. The van der Waals surface area contributed by atoms with E-state index in [0.29, 0.717) is 18.2 Å². The number of pyridine rings is 1. The van der Waals surface area contributed by atoms with Crippen molar-refractivity contribution in [3.05, 3.63) is 59.5 Å². The molecule has 1 aromatic carbocycles. The van der Waals surface area contributed by atoms with Crippen LogP contribution in [0.4, 0.5) is 0 Å². The molecule has 0 amide bonds. The number of carbonyl (C=O) groups is 1. The van der Waals surface area contributed by atoms with E-state index in [2.05, 4.69) is 35.5 Å². The van der Waals surface area contributed by atoms with Crippen molar-refractivity contribution in [2.45, 2.75) is 39.2 Å². The predicted octanol–water partition coefficient (Wildman–Crippen LogP) is 4.70. The van der Waals surface area contributed by atoms with Gasteiger partial charge in [0.2, 0.25) is 0 Å². The molecule has 0 saturated carbocycles. The van der Waals surface area contributed by atoms with Crippen LogP contribution < -0.4 is 4.74 Å². The van der Waals surface area contributed by atoms with Crippen LogP contribution in [0.2, 0.25) is 0 Å². The molecular formula is C22H23N3O2.